The molecule has 2 heterocycles. The van der Waals surface area contributed by atoms with Crippen molar-refractivity contribution in [3.8, 4) is 11.4 Å². The molecule has 0 radical (unpaired) electrons. The average molecular weight is 353 g/mol. The summed E-state index contributed by atoms with van der Waals surface area (Å²) < 4.78 is 51.5. The lowest BCUT2D eigenvalue weighted by Crippen LogP contribution is -2.21. The van der Waals surface area contributed by atoms with Crippen LogP contribution in [0.2, 0.25) is 0 Å². The van der Waals surface area contributed by atoms with E-state index in [1.54, 1.807) is 0 Å². The van der Waals surface area contributed by atoms with Crippen molar-refractivity contribution < 1.29 is 17.6 Å². The van der Waals surface area contributed by atoms with E-state index in [0.717, 1.165) is 12.1 Å². The van der Waals surface area contributed by atoms with Gasteiger partial charge in [-0.3, -0.25) is 0 Å². The molecule has 0 bridgehead atoms. The van der Waals surface area contributed by atoms with Gasteiger partial charge >= 0.3 is 6.18 Å². The first-order chi connectivity index (χ1) is 11.9. The summed E-state index contributed by atoms with van der Waals surface area (Å²) in [7, 11) is 0. The third kappa shape index (κ3) is 4.46. The second-order valence-electron chi connectivity index (χ2n) is 5.10. The van der Waals surface area contributed by atoms with Crippen molar-refractivity contribution in [2.45, 2.75) is 18.6 Å². The molecule has 1 unspecified atom stereocenters. The summed E-state index contributed by atoms with van der Waals surface area (Å²) in [5.74, 6) is -0.280. The first kappa shape index (κ1) is 16.7. The quantitative estimate of drug-likeness (QED) is 0.685. The molecular weight excluding hydrogens is 342 g/mol. The first-order valence-corrected chi connectivity index (χ1v) is 7.05. The molecule has 0 aliphatic rings. The molecule has 2 N–H and O–H groups in total. The molecule has 7 nitrogen and oxygen atoms in total. The number of benzene rings is 1. The van der Waals surface area contributed by atoms with Crippen LogP contribution in [-0.4, -0.2) is 36.8 Å². The van der Waals surface area contributed by atoms with Crippen molar-refractivity contribution in [2.24, 2.45) is 0 Å². The van der Waals surface area contributed by atoms with E-state index in [1.165, 1.54) is 24.5 Å². The molecule has 0 fully saturated rings. The number of hydrogen-bond donors (Lipinski definition) is 2. The molecule has 11 heteroatoms. The lowest BCUT2D eigenvalue weighted by Gasteiger charge is -2.20. The summed E-state index contributed by atoms with van der Waals surface area (Å²) in [4.78, 5) is 7.92. The van der Waals surface area contributed by atoms with E-state index in [9.17, 15) is 17.6 Å². The smallest absolute Gasteiger partial charge is 0.347 e. The molecule has 25 heavy (non-hydrogen) atoms. The number of H-pyrrole nitrogens is 1. The zero-order chi connectivity index (χ0) is 17.9. The summed E-state index contributed by atoms with van der Waals surface area (Å²) in [6.45, 7) is 0. The molecule has 1 atom stereocenters. The summed E-state index contributed by atoms with van der Waals surface area (Å²) >= 11 is 0. The number of hydrogen-bond acceptors (Lipinski definition) is 6. The van der Waals surface area contributed by atoms with Gasteiger partial charge in [0.25, 0.3) is 0 Å². The molecule has 3 aromatic rings. The third-order valence-electron chi connectivity index (χ3n) is 3.27. The highest BCUT2D eigenvalue weighted by Gasteiger charge is 2.33. The minimum atomic E-state index is -4.42. The zero-order valence-corrected chi connectivity index (χ0v) is 12.5. The van der Waals surface area contributed by atoms with Gasteiger partial charge in [0.1, 0.15) is 5.82 Å². The van der Waals surface area contributed by atoms with E-state index in [1.807, 2.05) is 0 Å². The predicted molar refractivity (Wildman–Crippen MR) is 78.6 cm³/mol. The Bertz CT molecular complexity index is 801. The van der Waals surface area contributed by atoms with E-state index >= 15 is 0 Å². The number of nitrogens with zero attached hydrogens (tertiary/aromatic N) is 5. The van der Waals surface area contributed by atoms with Crippen LogP contribution in [0.4, 0.5) is 23.5 Å². The van der Waals surface area contributed by atoms with Gasteiger partial charge < -0.3 is 5.32 Å². The standard InChI is InChI=1S/C14H11F4N7/c15-10-3-1-8(2-4-10)11(5-14(16,17)18)21-13-19-6-9(7-20-13)12-22-24-25-23-12/h1-4,6-7,11H,5H2,(H,19,20,21)(H,22,23,24,25). The van der Waals surface area contributed by atoms with Crippen LogP contribution in [0.25, 0.3) is 11.4 Å². The predicted octanol–water partition coefficient (Wildman–Crippen LogP) is 2.90. The Kier molecular flexibility index (Phi) is 4.55. The maximum atomic E-state index is 13.0. The molecule has 130 valence electrons. The normalized spacial score (nSPS) is 12.8. The van der Waals surface area contributed by atoms with Crippen LogP contribution >= 0.6 is 0 Å². The van der Waals surface area contributed by atoms with Gasteiger partial charge in [0.05, 0.1) is 18.0 Å². The average Bonchev–Trinajstić information content (AvgIpc) is 3.09. The Morgan fingerprint density at radius 1 is 1.08 bits per heavy atom. The number of alkyl halides is 3. The third-order valence-corrected chi connectivity index (χ3v) is 3.27. The molecule has 0 spiro atoms. The number of tetrazole rings is 1. The van der Waals surface area contributed by atoms with Crippen molar-refractivity contribution in [3.63, 3.8) is 0 Å². The van der Waals surface area contributed by atoms with Crippen LogP contribution in [0.5, 0.6) is 0 Å². The van der Waals surface area contributed by atoms with Crippen molar-refractivity contribution in [1.29, 1.82) is 0 Å². The van der Waals surface area contributed by atoms with Crippen LogP contribution in [0, 0.1) is 5.82 Å². The molecule has 0 amide bonds. The van der Waals surface area contributed by atoms with Crippen molar-refractivity contribution in [2.75, 3.05) is 5.32 Å². The number of halogens is 4. The van der Waals surface area contributed by atoms with Gasteiger partial charge in [-0.1, -0.05) is 12.1 Å². The maximum absolute atomic E-state index is 13.0. The van der Waals surface area contributed by atoms with Crippen LogP contribution < -0.4 is 5.32 Å². The number of aromatic nitrogens is 6. The number of aromatic amines is 1. The topological polar surface area (TPSA) is 92.3 Å². The van der Waals surface area contributed by atoms with Crippen molar-refractivity contribution in [3.05, 3.63) is 48.0 Å². The van der Waals surface area contributed by atoms with Gasteiger partial charge in [-0.15, -0.1) is 10.2 Å². The minimum absolute atomic E-state index is 0.00850. The molecule has 3 rings (SSSR count). The van der Waals surface area contributed by atoms with Gasteiger partial charge in [-0.05, 0) is 22.9 Å². The summed E-state index contributed by atoms with van der Waals surface area (Å²) in [6.07, 6.45) is -2.86. The summed E-state index contributed by atoms with van der Waals surface area (Å²) in [5, 5.41) is 15.8. The Morgan fingerprint density at radius 3 is 2.32 bits per heavy atom. The van der Waals surface area contributed by atoms with Crippen LogP contribution in [0.15, 0.2) is 36.7 Å². The fraction of sp³-hybridized carbons (Fsp3) is 0.214. The van der Waals surface area contributed by atoms with Gasteiger partial charge in [0.2, 0.25) is 11.8 Å². The molecule has 0 saturated heterocycles. The van der Waals surface area contributed by atoms with Crippen LogP contribution in [-0.2, 0) is 0 Å². The first-order valence-electron chi connectivity index (χ1n) is 7.05. The molecule has 0 aliphatic carbocycles. The van der Waals surface area contributed by atoms with E-state index in [4.69, 9.17) is 0 Å². The van der Waals surface area contributed by atoms with Crippen LogP contribution in [0.3, 0.4) is 0 Å². The highest BCUT2D eigenvalue weighted by Crippen LogP contribution is 2.31. The van der Waals surface area contributed by atoms with Gasteiger partial charge in [-0.25, -0.2) is 14.4 Å². The molecule has 2 aromatic heterocycles. The molecule has 1 aromatic carbocycles. The van der Waals surface area contributed by atoms with Crippen LogP contribution in [0.1, 0.15) is 18.0 Å². The zero-order valence-electron chi connectivity index (χ0n) is 12.5. The molecule has 0 saturated carbocycles. The summed E-state index contributed by atoms with van der Waals surface area (Å²) in [5.41, 5.74) is 0.720. The van der Waals surface area contributed by atoms with E-state index in [0.29, 0.717) is 5.56 Å². The summed E-state index contributed by atoms with van der Waals surface area (Å²) in [6, 6.07) is 3.61. The number of nitrogens with one attached hydrogen (secondary N) is 2. The van der Waals surface area contributed by atoms with E-state index < -0.39 is 24.5 Å². The maximum Gasteiger partial charge on any atom is 0.391 e. The Hall–Kier alpha value is -3.11. The largest absolute Gasteiger partial charge is 0.391 e. The lowest BCUT2D eigenvalue weighted by molar-refractivity contribution is -0.137. The monoisotopic (exact) mass is 353 g/mol. The van der Waals surface area contributed by atoms with Gasteiger partial charge in [-0.2, -0.15) is 18.4 Å². The minimum Gasteiger partial charge on any atom is -0.347 e. The van der Waals surface area contributed by atoms with Crippen molar-refractivity contribution in [1.82, 2.24) is 30.6 Å². The second kappa shape index (κ2) is 6.79. The molecule has 0 aliphatic heterocycles. The fourth-order valence-electron chi connectivity index (χ4n) is 2.14. The highest BCUT2D eigenvalue weighted by atomic mass is 19.4. The highest BCUT2D eigenvalue weighted by molar-refractivity contribution is 5.51. The van der Waals surface area contributed by atoms with Crippen molar-refractivity contribution >= 4 is 5.95 Å². The SMILES string of the molecule is Fc1ccc(C(CC(F)(F)F)Nc2ncc(-c3nn[nH]n3)cn2)cc1. The Morgan fingerprint density at radius 2 is 1.76 bits per heavy atom. The fourth-order valence-corrected chi connectivity index (χ4v) is 2.14. The van der Waals surface area contributed by atoms with E-state index in [2.05, 4.69) is 35.9 Å². The van der Waals surface area contributed by atoms with Gasteiger partial charge in [0, 0.05) is 12.4 Å². The van der Waals surface area contributed by atoms with E-state index in [-0.39, 0.29) is 17.3 Å². The number of anilines is 1. The van der Waals surface area contributed by atoms with Gasteiger partial charge in [0.15, 0.2) is 0 Å². The lowest BCUT2D eigenvalue weighted by atomic mass is 10.0. The second-order valence-corrected chi connectivity index (χ2v) is 5.10. The Balaban J connectivity index is 1.80. The number of rotatable bonds is 5. The molecular formula is C14H11F4N7. The Labute approximate surface area is 138 Å².